The average Bonchev–Trinajstić information content (AvgIpc) is 2.34. The van der Waals surface area contributed by atoms with Gasteiger partial charge in [0.25, 0.3) is 0 Å². The molecule has 0 amide bonds. The molecule has 0 unspecified atom stereocenters. The van der Waals surface area contributed by atoms with Gasteiger partial charge in [0.1, 0.15) is 0 Å². The summed E-state index contributed by atoms with van der Waals surface area (Å²) in [6.45, 7) is 9.81. The minimum atomic E-state index is -1.29. The molecular formula is C17H30OSi. The van der Waals surface area contributed by atoms with Crippen molar-refractivity contribution >= 4 is 8.32 Å². The van der Waals surface area contributed by atoms with Crippen molar-refractivity contribution in [1.82, 2.24) is 0 Å². The zero-order valence-electron chi connectivity index (χ0n) is 13.3. The lowest BCUT2D eigenvalue weighted by molar-refractivity contribution is 0.299. The Morgan fingerprint density at radius 3 is 2.05 bits per heavy atom. The molecule has 0 aliphatic heterocycles. The predicted molar refractivity (Wildman–Crippen MR) is 87.5 cm³/mol. The van der Waals surface area contributed by atoms with Gasteiger partial charge in [0.2, 0.25) is 0 Å². The molecular weight excluding hydrogens is 248 g/mol. The lowest BCUT2D eigenvalue weighted by atomic mass is 10.1. The van der Waals surface area contributed by atoms with Crippen LogP contribution in [0.4, 0.5) is 0 Å². The monoisotopic (exact) mass is 278 g/mol. The largest absolute Gasteiger partial charge is 0.418 e. The van der Waals surface area contributed by atoms with Gasteiger partial charge in [0.15, 0.2) is 8.32 Å². The Morgan fingerprint density at radius 2 is 1.42 bits per heavy atom. The van der Waals surface area contributed by atoms with Crippen LogP contribution in [0.5, 0.6) is 0 Å². The molecule has 0 aliphatic carbocycles. The van der Waals surface area contributed by atoms with E-state index in [4.69, 9.17) is 4.43 Å². The highest BCUT2D eigenvalue weighted by atomic mass is 28.4. The molecule has 19 heavy (non-hydrogen) atoms. The quantitative estimate of drug-likeness (QED) is 0.345. The molecule has 0 heterocycles. The summed E-state index contributed by atoms with van der Waals surface area (Å²) in [6, 6.07) is 0. The van der Waals surface area contributed by atoms with Crippen LogP contribution in [0.25, 0.3) is 0 Å². The van der Waals surface area contributed by atoms with E-state index in [-0.39, 0.29) is 0 Å². The van der Waals surface area contributed by atoms with E-state index in [1.54, 1.807) is 0 Å². The zero-order chi connectivity index (χ0) is 14.4. The fourth-order valence-corrected chi connectivity index (χ4v) is 2.28. The Bertz CT molecular complexity index is 319. The molecule has 0 N–H and O–H groups in total. The zero-order valence-corrected chi connectivity index (χ0v) is 14.3. The van der Waals surface area contributed by atoms with Crippen molar-refractivity contribution in [3.8, 4) is 23.7 Å². The van der Waals surface area contributed by atoms with Crippen LogP contribution < -0.4 is 0 Å². The van der Waals surface area contributed by atoms with E-state index in [1.807, 2.05) is 0 Å². The van der Waals surface area contributed by atoms with Gasteiger partial charge in [-0.1, -0.05) is 31.6 Å². The second kappa shape index (κ2) is 12.3. The maximum atomic E-state index is 5.82. The van der Waals surface area contributed by atoms with Crippen molar-refractivity contribution < 1.29 is 4.43 Å². The molecule has 0 bridgehead atoms. The van der Waals surface area contributed by atoms with Gasteiger partial charge in [-0.15, -0.1) is 11.8 Å². The van der Waals surface area contributed by atoms with E-state index in [0.29, 0.717) is 0 Å². The number of hydrogen-bond donors (Lipinski definition) is 0. The first kappa shape index (κ1) is 18.3. The number of unbranched alkanes of at least 4 members (excludes halogenated alkanes) is 5. The van der Waals surface area contributed by atoms with Gasteiger partial charge < -0.3 is 4.43 Å². The van der Waals surface area contributed by atoms with Gasteiger partial charge in [0.05, 0.1) is 6.42 Å². The molecule has 0 saturated heterocycles. The van der Waals surface area contributed by atoms with E-state index < -0.39 is 8.32 Å². The van der Waals surface area contributed by atoms with E-state index >= 15 is 0 Å². The summed E-state index contributed by atoms with van der Waals surface area (Å²) < 4.78 is 5.82. The Labute approximate surface area is 121 Å². The van der Waals surface area contributed by atoms with E-state index in [0.717, 1.165) is 32.3 Å². The van der Waals surface area contributed by atoms with Crippen molar-refractivity contribution in [2.24, 2.45) is 0 Å². The van der Waals surface area contributed by atoms with Gasteiger partial charge in [-0.05, 0) is 38.9 Å². The van der Waals surface area contributed by atoms with Crippen LogP contribution in [0.2, 0.25) is 19.6 Å². The highest BCUT2D eigenvalue weighted by Crippen LogP contribution is 2.07. The van der Waals surface area contributed by atoms with Crippen molar-refractivity contribution in [1.29, 1.82) is 0 Å². The highest BCUT2D eigenvalue weighted by Gasteiger charge is 2.12. The summed E-state index contributed by atoms with van der Waals surface area (Å²) in [6.07, 6.45) is 8.84. The summed E-state index contributed by atoms with van der Waals surface area (Å²) in [5.41, 5.74) is 0. The van der Waals surface area contributed by atoms with Crippen LogP contribution >= 0.6 is 0 Å². The molecule has 0 atom stereocenters. The van der Waals surface area contributed by atoms with Crippen molar-refractivity contribution in [3.05, 3.63) is 0 Å². The van der Waals surface area contributed by atoms with Crippen molar-refractivity contribution in [2.75, 3.05) is 6.61 Å². The molecule has 0 aromatic carbocycles. The molecule has 0 aromatic rings. The van der Waals surface area contributed by atoms with E-state index in [2.05, 4.69) is 50.2 Å². The molecule has 0 radical (unpaired) electrons. The third-order valence-corrected chi connectivity index (χ3v) is 3.60. The Hall–Kier alpha value is -0.703. The minimum absolute atomic E-state index is 0.740. The van der Waals surface area contributed by atoms with Gasteiger partial charge in [-0.25, -0.2) is 0 Å². The summed E-state index contributed by atoms with van der Waals surface area (Å²) in [7, 11) is -1.29. The summed E-state index contributed by atoms with van der Waals surface area (Å²) in [5.74, 6) is 12.5. The maximum absolute atomic E-state index is 5.82. The third kappa shape index (κ3) is 17.3. The number of hydrogen-bond acceptors (Lipinski definition) is 1. The van der Waals surface area contributed by atoms with Crippen molar-refractivity contribution in [3.63, 3.8) is 0 Å². The van der Waals surface area contributed by atoms with Crippen LogP contribution in [0.3, 0.4) is 0 Å². The SMILES string of the molecule is CCCC#CCC#CCCCCCCO[Si](C)(C)C. The molecule has 0 rings (SSSR count). The standard InChI is InChI=1S/C17H30OSi/c1-5-6-7-8-9-10-11-12-13-14-15-16-17-18-19(2,3)4/h5-6,9,12-17H2,1-4H3. The van der Waals surface area contributed by atoms with Crippen LogP contribution in [0.15, 0.2) is 0 Å². The maximum Gasteiger partial charge on any atom is 0.183 e. The Morgan fingerprint density at radius 1 is 0.789 bits per heavy atom. The van der Waals surface area contributed by atoms with Gasteiger partial charge in [-0.3, -0.25) is 0 Å². The van der Waals surface area contributed by atoms with Crippen LogP contribution in [0, 0.1) is 23.7 Å². The van der Waals surface area contributed by atoms with Gasteiger partial charge >= 0.3 is 0 Å². The summed E-state index contributed by atoms with van der Waals surface area (Å²) in [4.78, 5) is 0. The van der Waals surface area contributed by atoms with Gasteiger partial charge in [-0.2, -0.15) is 0 Å². The topological polar surface area (TPSA) is 9.23 Å². The first-order valence-corrected chi connectivity index (χ1v) is 11.0. The van der Waals surface area contributed by atoms with E-state index in [9.17, 15) is 0 Å². The Balaban J connectivity index is 3.28. The summed E-state index contributed by atoms with van der Waals surface area (Å²) in [5, 5.41) is 0. The molecule has 2 heteroatoms. The van der Waals surface area contributed by atoms with Crippen LogP contribution in [-0.4, -0.2) is 14.9 Å². The molecule has 108 valence electrons. The molecule has 0 fully saturated rings. The lowest BCUT2D eigenvalue weighted by Gasteiger charge is -2.16. The smallest absolute Gasteiger partial charge is 0.183 e. The molecule has 1 nitrogen and oxygen atoms in total. The highest BCUT2D eigenvalue weighted by molar-refractivity contribution is 6.69. The van der Waals surface area contributed by atoms with Gasteiger partial charge in [0, 0.05) is 19.4 Å². The predicted octanol–water partition coefficient (Wildman–Crippen LogP) is 4.99. The molecule has 0 aromatic heterocycles. The minimum Gasteiger partial charge on any atom is -0.418 e. The molecule has 0 saturated carbocycles. The van der Waals surface area contributed by atoms with Crippen LogP contribution in [-0.2, 0) is 4.43 Å². The van der Waals surface area contributed by atoms with Crippen molar-refractivity contribution in [2.45, 2.75) is 77.9 Å². The first-order chi connectivity index (χ1) is 9.06. The Kier molecular flexibility index (Phi) is 11.9. The summed E-state index contributed by atoms with van der Waals surface area (Å²) >= 11 is 0. The van der Waals surface area contributed by atoms with Crippen LogP contribution in [0.1, 0.15) is 58.3 Å². The second-order valence-corrected chi connectivity index (χ2v) is 10.3. The lowest BCUT2D eigenvalue weighted by Crippen LogP contribution is -2.25. The number of rotatable bonds is 8. The van der Waals surface area contributed by atoms with E-state index in [1.165, 1.54) is 25.7 Å². The third-order valence-electron chi connectivity index (χ3n) is 2.53. The normalized spacial score (nSPS) is 10.3. The molecule has 0 spiro atoms. The fourth-order valence-electron chi connectivity index (χ4n) is 1.52. The first-order valence-electron chi connectivity index (χ1n) is 7.61. The average molecular weight is 279 g/mol. The molecule has 0 aliphatic rings. The second-order valence-electron chi connectivity index (χ2n) is 5.76. The fraction of sp³-hybridized carbons (Fsp3) is 0.765.